The topological polar surface area (TPSA) is 57.6 Å². The van der Waals surface area contributed by atoms with Gasteiger partial charge in [0, 0.05) is 11.4 Å². The Balaban J connectivity index is 2.34. The molecule has 4 nitrogen and oxygen atoms in total. The third kappa shape index (κ3) is 2.44. The lowest BCUT2D eigenvalue weighted by molar-refractivity contribution is -0.139. The van der Waals surface area contributed by atoms with Crippen molar-refractivity contribution in [2.24, 2.45) is 0 Å². The van der Waals surface area contributed by atoms with Crippen LogP contribution in [0, 0.1) is 6.92 Å². The van der Waals surface area contributed by atoms with E-state index in [1.807, 2.05) is 19.1 Å². The second-order valence-corrected chi connectivity index (χ2v) is 5.00. The Hall–Kier alpha value is -1.49. The minimum absolute atomic E-state index is 0.141. The van der Waals surface area contributed by atoms with E-state index in [4.69, 9.17) is 5.11 Å². The number of anilines is 1. The van der Waals surface area contributed by atoms with Gasteiger partial charge >= 0.3 is 5.97 Å². The predicted molar refractivity (Wildman–Crippen MR) is 67.4 cm³/mol. The molecule has 0 aliphatic carbocycles. The predicted octanol–water partition coefficient (Wildman–Crippen LogP) is 1.53. The fourth-order valence-electron chi connectivity index (χ4n) is 1.79. The number of rotatable bonds is 2. The van der Waals surface area contributed by atoms with Crippen LogP contribution in [0.3, 0.4) is 0 Å². The van der Waals surface area contributed by atoms with Gasteiger partial charge in [-0.1, -0.05) is 17.7 Å². The molecule has 0 radical (unpaired) electrons. The van der Waals surface area contributed by atoms with Crippen LogP contribution < -0.4 is 4.90 Å². The van der Waals surface area contributed by atoms with Gasteiger partial charge in [0.25, 0.3) is 0 Å². The smallest absolute Gasteiger partial charge is 0.327 e. The van der Waals surface area contributed by atoms with E-state index < -0.39 is 12.0 Å². The number of nitrogens with zero attached hydrogens (tertiary/aromatic N) is 1. The van der Waals surface area contributed by atoms with Gasteiger partial charge in [-0.05, 0) is 19.1 Å². The van der Waals surface area contributed by atoms with Gasteiger partial charge in [0.2, 0.25) is 5.91 Å². The van der Waals surface area contributed by atoms with Gasteiger partial charge in [-0.3, -0.25) is 9.69 Å². The first kappa shape index (κ1) is 12.0. The minimum Gasteiger partial charge on any atom is -0.480 e. The van der Waals surface area contributed by atoms with Crippen LogP contribution in [0.1, 0.15) is 5.56 Å². The van der Waals surface area contributed by atoms with E-state index in [2.05, 4.69) is 0 Å². The highest BCUT2D eigenvalue weighted by Crippen LogP contribution is 2.25. The molecule has 1 aromatic carbocycles. The van der Waals surface area contributed by atoms with Crippen molar-refractivity contribution in [2.45, 2.75) is 13.0 Å². The average molecular weight is 251 g/mol. The third-order valence-electron chi connectivity index (χ3n) is 2.68. The fraction of sp³-hybridized carbons (Fsp3) is 0.333. The second kappa shape index (κ2) is 4.79. The van der Waals surface area contributed by atoms with Crippen molar-refractivity contribution in [2.75, 3.05) is 16.4 Å². The molecule has 2 rings (SSSR count). The molecule has 1 aliphatic heterocycles. The van der Waals surface area contributed by atoms with E-state index in [0.29, 0.717) is 17.2 Å². The summed E-state index contributed by atoms with van der Waals surface area (Å²) < 4.78 is 0. The van der Waals surface area contributed by atoms with Gasteiger partial charge in [0.05, 0.1) is 5.75 Å². The number of carbonyl (C=O) groups is 2. The van der Waals surface area contributed by atoms with Gasteiger partial charge in [-0.15, -0.1) is 11.8 Å². The highest BCUT2D eigenvalue weighted by Gasteiger charge is 2.34. The van der Waals surface area contributed by atoms with Crippen molar-refractivity contribution in [3.8, 4) is 0 Å². The molecule has 1 aromatic rings. The molecular weight excluding hydrogens is 238 g/mol. The number of thioether (sulfide) groups is 1. The van der Waals surface area contributed by atoms with E-state index in [9.17, 15) is 9.59 Å². The number of carboxylic acids is 1. The van der Waals surface area contributed by atoms with Crippen LogP contribution >= 0.6 is 11.8 Å². The molecule has 1 amide bonds. The maximum atomic E-state index is 11.8. The van der Waals surface area contributed by atoms with E-state index in [0.717, 1.165) is 5.56 Å². The van der Waals surface area contributed by atoms with Crippen LogP contribution in [0.25, 0.3) is 0 Å². The van der Waals surface area contributed by atoms with Crippen molar-refractivity contribution < 1.29 is 14.7 Å². The zero-order chi connectivity index (χ0) is 12.4. The standard InChI is InChI=1S/C12H13NO3S/c1-8-2-4-9(5-3-8)13-10(12(15)16)6-17-7-11(13)14/h2-5,10H,6-7H2,1H3,(H,15,16). The maximum absolute atomic E-state index is 11.8. The zero-order valence-corrected chi connectivity index (χ0v) is 10.2. The van der Waals surface area contributed by atoms with Crippen LogP contribution in [-0.4, -0.2) is 34.5 Å². The number of amides is 1. The monoisotopic (exact) mass is 251 g/mol. The van der Waals surface area contributed by atoms with E-state index in [-0.39, 0.29) is 5.91 Å². The molecule has 1 aliphatic rings. The Kier molecular flexibility index (Phi) is 3.38. The molecule has 1 fully saturated rings. The third-order valence-corrected chi connectivity index (χ3v) is 3.68. The van der Waals surface area contributed by atoms with Crippen LogP contribution in [0.2, 0.25) is 0 Å². The molecule has 0 bridgehead atoms. The highest BCUT2D eigenvalue weighted by atomic mass is 32.2. The summed E-state index contributed by atoms with van der Waals surface area (Å²) in [5.41, 5.74) is 1.74. The Morgan fingerprint density at radius 2 is 2.06 bits per heavy atom. The van der Waals surface area contributed by atoms with Crippen molar-refractivity contribution >= 4 is 29.3 Å². The number of benzene rings is 1. The summed E-state index contributed by atoms with van der Waals surface area (Å²) in [5.74, 6) is -0.310. The van der Waals surface area contributed by atoms with Crippen LogP contribution in [0.5, 0.6) is 0 Å². The van der Waals surface area contributed by atoms with Crippen LogP contribution in [0.4, 0.5) is 5.69 Å². The Bertz CT molecular complexity index is 444. The molecular formula is C12H13NO3S. The van der Waals surface area contributed by atoms with Crippen molar-refractivity contribution in [3.63, 3.8) is 0 Å². The lowest BCUT2D eigenvalue weighted by Gasteiger charge is -2.32. The van der Waals surface area contributed by atoms with Crippen molar-refractivity contribution in [3.05, 3.63) is 29.8 Å². The molecule has 1 atom stereocenters. The molecule has 1 unspecified atom stereocenters. The van der Waals surface area contributed by atoms with E-state index in [1.165, 1.54) is 16.7 Å². The first-order valence-electron chi connectivity index (χ1n) is 5.29. The first-order chi connectivity index (χ1) is 8.09. The molecule has 5 heteroatoms. The van der Waals surface area contributed by atoms with Gasteiger partial charge < -0.3 is 5.11 Å². The number of hydrogen-bond donors (Lipinski definition) is 1. The molecule has 0 spiro atoms. The van der Waals surface area contributed by atoms with Crippen molar-refractivity contribution in [1.82, 2.24) is 0 Å². The quantitative estimate of drug-likeness (QED) is 0.866. The second-order valence-electron chi connectivity index (χ2n) is 3.97. The van der Waals surface area contributed by atoms with Gasteiger partial charge in [-0.25, -0.2) is 4.79 Å². The fourth-order valence-corrected chi connectivity index (χ4v) is 2.73. The summed E-state index contributed by atoms with van der Waals surface area (Å²) in [7, 11) is 0. The van der Waals surface area contributed by atoms with E-state index >= 15 is 0 Å². The maximum Gasteiger partial charge on any atom is 0.327 e. The largest absolute Gasteiger partial charge is 0.480 e. The number of hydrogen-bond acceptors (Lipinski definition) is 3. The molecule has 1 saturated heterocycles. The lowest BCUT2D eigenvalue weighted by atomic mass is 10.1. The molecule has 1 N–H and O–H groups in total. The highest BCUT2D eigenvalue weighted by molar-refractivity contribution is 8.00. The summed E-state index contributed by atoms with van der Waals surface area (Å²) in [4.78, 5) is 24.4. The number of aryl methyl sites for hydroxylation is 1. The van der Waals surface area contributed by atoms with Gasteiger partial charge in [0.1, 0.15) is 6.04 Å². The Labute approximate surface area is 104 Å². The number of aliphatic carboxylic acids is 1. The Morgan fingerprint density at radius 3 is 2.65 bits per heavy atom. The summed E-state index contributed by atoms with van der Waals surface area (Å²) in [5, 5.41) is 9.14. The lowest BCUT2D eigenvalue weighted by Crippen LogP contribution is -2.50. The van der Waals surface area contributed by atoms with Crippen LogP contribution in [-0.2, 0) is 9.59 Å². The zero-order valence-electron chi connectivity index (χ0n) is 9.42. The Morgan fingerprint density at radius 1 is 1.41 bits per heavy atom. The van der Waals surface area contributed by atoms with E-state index in [1.54, 1.807) is 12.1 Å². The average Bonchev–Trinajstić information content (AvgIpc) is 2.30. The molecule has 0 saturated carbocycles. The SMILES string of the molecule is Cc1ccc(N2C(=O)CSCC2C(=O)O)cc1. The normalized spacial score (nSPS) is 20.4. The minimum atomic E-state index is -0.953. The molecule has 17 heavy (non-hydrogen) atoms. The summed E-state index contributed by atoms with van der Waals surface area (Å²) >= 11 is 1.37. The molecule has 0 aromatic heterocycles. The summed E-state index contributed by atoms with van der Waals surface area (Å²) in [6, 6.07) is 6.58. The summed E-state index contributed by atoms with van der Waals surface area (Å²) in [6.07, 6.45) is 0. The van der Waals surface area contributed by atoms with Gasteiger partial charge in [-0.2, -0.15) is 0 Å². The van der Waals surface area contributed by atoms with Gasteiger partial charge in [0.15, 0.2) is 0 Å². The van der Waals surface area contributed by atoms with Crippen LogP contribution in [0.15, 0.2) is 24.3 Å². The van der Waals surface area contributed by atoms with Crippen molar-refractivity contribution in [1.29, 1.82) is 0 Å². The number of carboxylic acid groups (broad SMARTS) is 1. The molecule has 1 heterocycles. The number of carbonyl (C=O) groups excluding carboxylic acids is 1. The molecule has 90 valence electrons. The summed E-state index contributed by atoms with van der Waals surface area (Å²) in [6.45, 7) is 1.95. The first-order valence-corrected chi connectivity index (χ1v) is 6.44.